The number of carbonyl (C=O) groups excluding carboxylic acids is 2. The van der Waals surface area contributed by atoms with Gasteiger partial charge in [-0.15, -0.1) is 0 Å². The molecule has 7 nitrogen and oxygen atoms in total. The van der Waals surface area contributed by atoms with Gasteiger partial charge in [0.15, 0.2) is 0 Å². The van der Waals surface area contributed by atoms with Gasteiger partial charge in [0.05, 0.1) is 12.3 Å². The number of carboxylic acids is 1. The first-order valence-electron chi connectivity index (χ1n) is 12.5. The summed E-state index contributed by atoms with van der Waals surface area (Å²) in [6, 6.07) is 16.2. The number of alkyl carbamates (subject to hydrolysis) is 1. The largest absolute Gasteiger partial charge is 0.481 e. The summed E-state index contributed by atoms with van der Waals surface area (Å²) in [6.45, 7) is 4.26. The van der Waals surface area contributed by atoms with Gasteiger partial charge < -0.3 is 20.5 Å². The highest BCUT2D eigenvalue weighted by Gasteiger charge is 2.33. The Labute approximate surface area is 206 Å². The Morgan fingerprint density at radius 2 is 1.63 bits per heavy atom. The van der Waals surface area contributed by atoms with Crippen LogP contribution in [0.3, 0.4) is 0 Å². The van der Waals surface area contributed by atoms with Crippen molar-refractivity contribution in [2.24, 2.45) is 17.8 Å². The van der Waals surface area contributed by atoms with Crippen LogP contribution in [0.25, 0.3) is 11.1 Å². The lowest BCUT2D eigenvalue weighted by Crippen LogP contribution is -2.46. The Morgan fingerprint density at radius 3 is 2.23 bits per heavy atom. The third-order valence-electron chi connectivity index (χ3n) is 7.38. The van der Waals surface area contributed by atoms with Gasteiger partial charge in [-0.25, -0.2) is 4.79 Å². The van der Waals surface area contributed by atoms with E-state index in [1.165, 1.54) is 11.1 Å². The van der Waals surface area contributed by atoms with E-state index in [9.17, 15) is 14.4 Å². The molecule has 7 heteroatoms. The smallest absolute Gasteiger partial charge is 0.407 e. The van der Waals surface area contributed by atoms with Crippen molar-refractivity contribution >= 4 is 18.0 Å². The molecule has 0 aliphatic heterocycles. The summed E-state index contributed by atoms with van der Waals surface area (Å²) in [5, 5.41) is 14.9. The second-order valence-electron chi connectivity index (χ2n) is 9.96. The third-order valence-corrected chi connectivity index (χ3v) is 7.38. The van der Waals surface area contributed by atoms with Crippen molar-refractivity contribution in [1.29, 1.82) is 0 Å². The number of aliphatic carboxylic acids is 1. The fraction of sp³-hybridized carbons (Fsp3) is 0.464. The zero-order valence-corrected chi connectivity index (χ0v) is 20.3. The number of carboxylic acid groups (broad SMARTS) is 1. The molecule has 2 aliphatic carbocycles. The van der Waals surface area contributed by atoms with E-state index < -0.39 is 18.0 Å². The van der Waals surface area contributed by atoms with Crippen molar-refractivity contribution in [3.05, 3.63) is 59.7 Å². The summed E-state index contributed by atoms with van der Waals surface area (Å²) in [5.41, 5.74) is 4.63. The maximum Gasteiger partial charge on any atom is 0.407 e. The normalized spacial score (nSPS) is 19.6. The minimum atomic E-state index is -0.839. The lowest BCUT2D eigenvalue weighted by molar-refractivity contribution is -0.138. The van der Waals surface area contributed by atoms with E-state index in [0.717, 1.165) is 30.4 Å². The van der Waals surface area contributed by atoms with Gasteiger partial charge in [-0.3, -0.25) is 9.59 Å². The molecule has 3 atom stereocenters. The van der Waals surface area contributed by atoms with E-state index in [1.54, 1.807) is 0 Å². The van der Waals surface area contributed by atoms with Gasteiger partial charge in [0.2, 0.25) is 5.91 Å². The maximum absolute atomic E-state index is 13.0. The average Bonchev–Trinajstić information content (AvgIpc) is 3.39. The van der Waals surface area contributed by atoms with Crippen molar-refractivity contribution in [3.63, 3.8) is 0 Å². The molecule has 0 spiro atoms. The predicted molar refractivity (Wildman–Crippen MR) is 133 cm³/mol. The molecule has 0 aromatic heterocycles. The molecule has 0 bridgehead atoms. The molecule has 186 valence electrons. The van der Waals surface area contributed by atoms with E-state index in [4.69, 9.17) is 9.84 Å². The molecule has 2 aromatic rings. The van der Waals surface area contributed by atoms with Crippen LogP contribution >= 0.6 is 0 Å². The van der Waals surface area contributed by atoms with Crippen molar-refractivity contribution in [1.82, 2.24) is 10.6 Å². The van der Waals surface area contributed by atoms with Gasteiger partial charge >= 0.3 is 12.1 Å². The summed E-state index contributed by atoms with van der Waals surface area (Å²) in [6.07, 6.45) is 2.02. The van der Waals surface area contributed by atoms with Gasteiger partial charge in [-0.1, -0.05) is 68.8 Å². The molecule has 1 unspecified atom stereocenters. The topological polar surface area (TPSA) is 105 Å². The lowest BCUT2D eigenvalue weighted by atomic mass is 9.93. The number of hydrogen-bond donors (Lipinski definition) is 3. The van der Waals surface area contributed by atoms with E-state index in [0.29, 0.717) is 0 Å². The van der Waals surface area contributed by atoms with Crippen LogP contribution in [0, 0.1) is 17.8 Å². The molecular weight excluding hydrogens is 444 g/mol. The van der Waals surface area contributed by atoms with Gasteiger partial charge in [-0.05, 0) is 46.9 Å². The van der Waals surface area contributed by atoms with E-state index in [1.807, 2.05) is 38.1 Å². The van der Waals surface area contributed by atoms with Gasteiger partial charge in [0.25, 0.3) is 0 Å². The zero-order valence-electron chi connectivity index (χ0n) is 20.3. The Balaban J connectivity index is 1.32. The lowest BCUT2D eigenvalue weighted by Gasteiger charge is -2.25. The van der Waals surface area contributed by atoms with Crippen molar-refractivity contribution in [2.45, 2.75) is 51.5 Å². The van der Waals surface area contributed by atoms with Crippen molar-refractivity contribution < 1.29 is 24.2 Å². The number of fused-ring (bicyclic) bond motifs is 3. The first-order valence-corrected chi connectivity index (χ1v) is 12.5. The number of hydrogen-bond acceptors (Lipinski definition) is 4. The molecule has 2 aliphatic rings. The first-order chi connectivity index (χ1) is 16.8. The quantitative estimate of drug-likeness (QED) is 0.490. The molecule has 2 aromatic carbocycles. The number of nitrogens with one attached hydrogen (secondary N) is 2. The van der Waals surface area contributed by atoms with Crippen LogP contribution in [-0.4, -0.2) is 42.3 Å². The molecule has 1 saturated carbocycles. The Bertz CT molecular complexity index is 1040. The standard InChI is InChI=1S/C28H34N2O5/c1-17(2)23(27(33)30-25-13-7-8-18(25)14-26(31)32)15-29-28(34)35-16-24-21-11-5-3-9-19(21)20-10-4-6-12-22(20)24/h3-6,9-12,17-18,23-25H,7-8,13-16H2,1-2H3,(H,29,34)(H,30,33)(H,31,32)/t18-,23?,25+/m0/s1. The number of benzene rings is 2. The molecule has 4 rings (SSSR count). The van der Waals surface area contributed by atoms with Crippen LogP contribution < -0.4 is 10.6 Å². The summed E-state index contributed by atoms with van der Waals surface area (Å²) in [7, 11) is 0. The summed E-state index contributed by atoms with van der Waals surface area (Å²) in [4.78, 5) is 36.7. The minimum Gasteiger partial charge on any atom is -0.481 e. The highest BCUT2D eigenvalue weighted by atomic mass is 16.5. The van der Waals surface area contributed by atoms with E-state index in [-0.39, 0.29) is 49.3 Å². The first kappa shape index (κ1) is 24.8. The SMILES string of the molecule is CC(C)C(CNC(=O)OCC1c2ccccc2-c2ccccc21)C(=O)N[C@@H]1CCC[C@H]1CC(=O)O. The summed E-state index contributed by atoms with van der Waals surface area (Å²) >= 11 is 0. The van der Waals surface area contributed by atoms with Crippen LogP contribution in [-0.2, 0) is 14.3 Å². The van der Waals surface area contributed by atoms with Crippen LogP contribution in [0.4, 0.5) is 4.79 Å². The second-order valence-corrected chi connectivity index (χ2v) is 9.96. The van der Waals surface area contributed by atoms with E-state index in [2.05, 4.69) is 34.9 Å². The average molecular weight is 479 g/mol. The molecule has 0 saturated heterocycles. The van der Waals surface area contributed by atoms with Crippen LogP contribution in [0.2, 0.25) is 0 Å². The predicted octanol–water partition coefficient (Wildman–Crippen LogP) is 4.56. The van der Waals surface area contributed by atoms with Gasteiger partial charge in [0.1, 0.15) is 6.61 Å². The molecule has 2 amide bonds. The van der Waals surface area contributed by atoms with Crippen LogP contribution in [0.1, 0.15) is 56.6 Å². The summed E-state index contributed by atoms with van der Waals surface area (Å²) in [5.74, 6) is -1.48. The zero-order chi connectivity index (χ0) is 24.9. The highest BCUT2D eigenvalue weighted by Crippen LogP contribution is 2.44. The fourth-order valence-electron chi connectivity index (χ4n) is 5.46. The minimum absolute atomic E-state index is 0.00297. The van der Waals surface area contributed by atoms with Gasteiger partial charge in [0, 0.05) is 18.5 Å². The molecule has 1 fully saturated rings. The van der Waals surface area contributed by atoms with Crippen molar-refractivity contribution in [3.8, 4) is 11.1 Å². The molecule has 0 radical (unpaired) electrons. The number of amides is 2. The van der Waals surface area contributed by atoms with Gasteiger partial charge in [-0.2, -0.15) is 0 Å². The van der Waals surface area contributed by atoms with Crippen LogP contribution in [0.5, 0.6) is 0 Å². The fourth-order valence-corrected chi connectivity index (χ4v) is 5.46. The molecule has 0 heterocycles. The maximum atomic E-state index is 13.0. The van der Waals surface area contributed by atoms with Crippen molar-refractivity contribution in [2.75, 3.05) is 13.2 Å². The van der Waals surface area contributed by atoms with E-state index >= 15 is 0 Å². The van der Waals surface area contributed by atoms with Crippen LogP contribution in [0.15, 0.2) is 48.5 Å². The monoisotopic (exact) mass is 478 g/mol. The number of ether oxygens (including phenoxy) is 1. The molecular formula is C28H34N2O5. The highest BCUT2D eigenvalue weighted by molar-refractivity contribution is 5.81. The second kappa shape index (κ2) is 10.9. The Hall–Kier alpha value is -3.35. The number of rotatable bonds is 9. The Kier molecular flexibility index (Phi) is 7.73. The molecule has 3 N–H and O–H groups in total. The summed E-state index contributed by atoms with van der Waals surface area (Å²) < 4.78 is 5.60. The number of carbonyl (C=O) groups is 3. The third kappa shape index (κ3) is 5.66. The molecule has 35 heavy (non-hydrogen) atoms. The Morgan fingerprint density at radius 1 is 1.00 bits per heavy atom.